The molecule has 2 aromatic rings. The van der Waals surface area contributed by atoms with Gasteiger partial charge in [0, 0.05) is 0 Å². The normalized spacial score (nSPS) is 11.7. The van der Waals surface area contributed by atoms with Gasteiger partial charge in [-0.25, -0.2) is 0 Å². The van der Waals surface area contributed by atoms with Gasteiger partial charge in [0.1, 0.15) is 6.07 Å². The van der Waals surface area contributed by atoms with Crippen LogP contribution in [0.1, 0.15) is 23.6 Å². The first kappa shape index (κ1) is 16.2. The number of nitriles is 1. The van der Waals surface area contributed by atoms with E-state index in [4.69, 9.17) is 10.1 Å². The van der Waals surface area contributed by atoms with Crippen LogP contribution in [0, 0.1) is 18.3 Å². The van der Waals surface area contributed by atoms with Gasteiger partial charge >= 0.3 is 0 Å². The first-order chi connectivity index (χ1) is 11.1. The fourth-order valence-electron chi connectivity index (χ4n) is 1.88. The highest BCUT2D eigenvalue weighted by molar-refractivity contribution is 5.95. The molecule has 2 rings (SSSR count). The van der Waals surface area contributed by atoms with Gasteiger partial charge in [-0.3, -0.25) is 4.79 Å². The highest BCUT2D eigenvalue weighted by Gasteiger charge is 2.15. The monoisotopic (exact) mass is 307 g/mol. The maximum Gasteiger partial charge on any atom is 0.268 e. The molecule has 0 aliphatic rings. The number of nitrogens with one attached hydrogen (secondary N) is 1. The molecule has 2 aromatic carbocycles. The zero-order valence-electron chi connectivity index (χ0n) is 13.0. The van der Waals surface area contributed by atoms with Crippen LogP contribution in [-0.4, -0.2) is 18.2 Å². The molecule has 116 valence electrons. The molecule has 0 unspecified atom stereocenters. The van der Waals surface area contributed by atoms with E-state index in [-0.39, 0.29) is 5.91 Å². The predicted molar refractivity (Wildman–Crippen MR) is 89.1 cm³/mol. The molecular weight excluding hydrogens is 290 g/mol. The average Bonchev–Trinajstić information content (AvgIpc) is 2.57. The second-order valence-corrected chi connectivity index (χ2v) is 4.99. The van der Waals surface area contributed by atoms with Crippen LogP contribution in [0.15, 0.2) is 53.7 Å². The SMILES string of the molecule is Cc1ccccc1/C=N\O[C@@H](C)C(=O)Nc1ccccc1C#N. The van der Waals surface area contributed by atoms with Gasteiger partial charge in [0.2, 0.25) is 6.10 Å². The number of anilines is 1. The van der Waals surface area contributed by atoms with Gasteiger partial charge < -0.3 is 10.2 Å². The van der Waals surface area contributed by atoms with Crippen LogP contribution < -0.4 is 5.32 Å². The highest BCUT2D eigenvalue weighted by atomic mass is 16.6. The van der Waals surface area contributed by atoms with Crippen molar-refractivity contribution in [2.75, 3.05) is 5.32 Å². The molecule has 0 bridgehead atoms. The van der Waals surface area contributed by atoms with Crippen LogP contribution in [0.4, 0.5) is 5.69 Å². The summed E-state index contributed by atoms with van der Waals surface area (Å²) in [6, 6.07) is 16.5. The Hall–Kier alpha value is -3.13. The summed E-state index contributed by atoms with van der Waals surface area (Å²) in [6.07, 6.45) is 0.796. The van der Waals surface area contributed by atoms with Crippen LogP contribution >= 0.6 is 0 Å². The summed E-state index contributed by atoms with van der Waals surface area (Å²) in [5, 5.41) is 15.5. The quantitative estimate of drug-likeness (QED) is 0.680. The average molecular weight is 307 g/mol. The third-order valence-electron chi connectivity index (χ3n) is 3.27. The number of nitrogens with zero attached hydrogens (tertiary/aromatic N) is 2. The fraction of sp³-hybridized carbons (Fsp3) is 0.167. The van der Waals surface area contributed by atoms with Gasteiger partial charge in [0.15, 0.2) is 0 Å². The van der Waals surface area contributed by atoms with Crippen molar-refractivity contribution in [3.8, 4) is 6.07 Å². The number of rotatable bonds is 5. The predicted octanol–water partition coefficient (Wildman–Crippen LogP) is 3.24. The highest BCUT2D eigenvalue weighted by Crippen LogP contribution is 2.14. The molecule has 0 aliphatic carbocycles. The van der Waals surface area contributed by atoms with Crippen LogP contribution in [-0.2, 0) is 9.63 Å². The van der Waals surface area contributed by atoms with E-state index in [1.54, 1.807) is 37.4 Å². The molecule has 0 radical (unpaired) electrons. The number of carbonyl (C=O) groups excluding carboxylic acids is 1. The largest absolute Gasteiger partial charge is 0.383 e. The fourth-order valence-corrected chi connectivity index (χ4v) is 1.88. The lowest BCUT2D eigenvalue weighted by atomic mass is 10.1. The summed E-state index contributed by atoms with van der Waals surface area (Å²) in [6.45, 7) is 3.57. The lowest BCUT2D eigenvalue weighted by Crippen LogP contribution is -2.26. The molecule has 1 amide bonds. The lowest BCUT2D eigenvalue weighted by Gasteiger charge is -2.11. The number of oxime groups is 1. The van der Waals surface area contributed by atoms with Crippen LogP contribution in [0.5, 0.6) is 0 Å². The molecule has 1 N–H and O–H groups in total. The molecule has 1 atom stereocenters. The molecule has 5 heteroatoms. The van der Waals surface area contributed by atoms with E-state index in [0.29, 0.717) is 11.3 Å². The van der Waals surface area contributed by atoms with E-state index >= 15 is 0 Å². The molecule has 0 spiro atoms. The van der Waals surface area contributed by atoms with Gasteiger partial charge in [-0.05, 0) is 37.1 Å². The minimum absolute atomic E-state index is 0.366. The standard InChI is InChI=1S/C18H17N3O2/c1-13-7-3-4-9-16(13)12-20-23-14(2)18(22)21-17-10-6-5-8-15(17)11-19/h3-10,12,14H,1-2H3,(H,21,22)/b20-12-/t14-/m0/s1. The third-order valence-corrected chi connectivity index (χ3v) is 3.27. The molecule has 0 saturated heterocycles. The summed E-state index contributed by atoms with van der Waals surface area (Å²) in [7, 11) is 0. The van der Waals surface area contributed by atoms with Crippen LogP contribution in [0.3, 0.4) is 0 Å². The molecule has 5 nitrogen and oxygen atoms in total. The number of hydrogen-bond acceptors (Lipinski definition) is 4. The minimum atomic E-state index is -0.776. The molecule has 0 aliphatic heterocycles. The Morgan fingerprint density at radius 1 is 1.26 bits per heavy atom. The smallest absolute Gasteiger partial charge is 0.268 e. The Morgan fingerprint density at radius 2 is 1.96 bits per heavy atom. The maximum atomic E-state index is 12.1. The Labute approximate surface area is 135 Å². The van der Waals surface area contributed by atoms with E-state index in [0.717, 1.165) is 11.1 Å². The van der Waals surface area contributed by atoms with Crippen molar-refractivity contribution in [2.45, 2.75) is 20.0 Å². The second kappa shape index (κ2) is 7.76. The van der Waals surface area contributed by atoms with Crippen molar-refractivity contribution in [1.82, 2.24) is 0 Å². The van der Waals surface area contributed by atoms with Crippen LogP contribution in [0.2, 0.25) is 0 Å². The second-order valence-electron chi connectivity index (χ2n) is 4.99. The Bertz CT molecular complexity index is 763. The number of carbonyl (C=O) groups is 1. The Balaban J connectivity index is 1.96. The zero-order valence-corrected chi connectivity index (χ0v) is 13.0. The Kier molecular flexibility index (Phi) is 5.48. The van der Waals surface area contributed by atoms with E-state index in [1.807, 2.05) is 37.3 Å². The number of benzene rings is 2. The van der Waals surface area contributed by atoms with Crippen molar-refractivity contribution in [3.05, 3.63) is 65.2 Å². The van der Waals surface area contributed by atoms with Crippen LogP contribution in [0.25, 0.3) is 0 Å². The van der Waals surface area contributed by atoms with Gasteiger partial charge in [-0.2, -0.15) is 5.26 Å². The van der Waals surface area contributed by atoms with E-state index < -0.39 is 6.10 Å². The summed E-state index contributed by atoms with van der Waals surface area (Å²) < 4.78 is 0. The molecule has 0 fully saturated rings. The Morgan fingerprint density at radius 3 is 2.70 bits per heavy atom. The van der Waals surface area contributed by atoms with E-state index in [9.17, 15) is 4.79 Å². The number of hydrogen-bond donors (Lipinski definition) is 1. The number of para-hydroxylation sites is 1. The van der Waals surface area contributed by atoms with Crippen molar-refractivity contribution < 1.29 is 9.63 Å². The molecule has 23 heavy (non-hydrogen) atoms. The summed E-state index contributed by atoms with van der Waals surface area (Å²) in [4.78, 5) is 17.3. The van der Waals surface area contributed by atoms with E-state index in [2.05, 4.69) is 10.5 Å². The van der Waals surface area contributed by atoms with Crippen molar-refractivity contribution in [3.63, 3.8) is 0 Å². The van der Waals surface area contributed by atoms with Crippen molar-refractivity contribution >= 4 is 17.8 Å². The van der Waals surface area contributed by atoms with Gasteiger partial charge in [0.05, 0.1) is 17.5 Å². The first-order valence-electron chi connectivity index (χ1n) is 7.16. The number of amides is 1. The number of aryl methyl sites for hydroxylation is 1. The maximum absolute atomic E-state index is 12.1. The molecule has 0 saturated carbocycles. The van der Waals surface area contributed by atoms with Gasteiger partial charge in [-0.1, -0.05) is 41.6 Å². The minimum Gasteiger partial charge on any atom is -0.383 e. The summed E-state index contributed by atoms with van der Waals surface area (Å²) in [5.74, 6) is -0.366. The summed E-state index contributed by atoms with van der Waals surface area (Å²) in [5.41, 5.74) is 2.85. The molecular formula is C18H17N3O2. The topological polar surface area (TPSA) is 74.5 Å². The summed E-state index contributed by atoms with van der Waals surface area (Å²) >= 11 is 0. The first-order valence-corrected chi connectivity index (χ1v) is 7.16. The van der Waals surface area contributed by atoms with E-state index in [1.165, 1.54) is 0 Å². The van der Waals surface area contributed by atoms with Gasteiger partial charge in [-0.15, -0.1) is 0 Å². The molecule has 0 aromatic heterocycles. The van der Waals surface area contributed by atoms with Crippen molar-refractivity contribution in [1.29, 1.82) is 5.26 Å². The lowest BCUT2D eigenvalue weighted by molar-refractivity contribution is -0.126. The molecule has 0 heterocycles. The third kappa shape index (κ3) is 4.42. The van der Waals surface area contributed by atoms with Crippen molar-refractivity contribution in [2.24, 2.45) is 5.16 Å². The zero-order chi connectivity index (χ0) is 16.7. The van der Waals surface area contributed by atoms with Gasteiger partial charge in [0.25, 0.3) is 5.91 Å².